The number of aliphatic hydroxyl groups is 2. The topological polar surface area (TPSA) is 57.5 Å². The number of carbonyl (C=O) groups is 1. The number of hydrogen-bond acceptors (Lipinski definition) is 3. The third-order valence-corrected chi connectivity index (χ3v) is 9.76. The van der Waals surface area contributed by atoms with Crippen molar-refractivity contribution in [2.45, 2.75) is 104 Å². The summed E-state index contributed by atoms with van der Waals surface area (Å²) >= 11 is 0. The number of aldehydes is 1. The van der Waals surface area contributed by atoms with Gasteiger partial charge in [-0.3, -0.25) is 4.79 Å². The van der Waals surface area contributed by atoms with Crippen LogP contribution in [0.4, 0.5) is 0 Å². The average Bonchev–Trinajstić information content (AvgIpc) is 3.18. The Hall–Kier alpha value is -0.670. The van der Waals surface area contributed by atoms with Crippen LogP contribution in [-0.4, -0.2) is 28.7 Å². The number of hydrogen-bond donors (Lipinski definition) is 2. The molecule has 0 amide bonds. The van der Waals surface area contributed by atoms with Gasteiger partial charge in [0.2, 0.25) is 0 Å². The second-order valence-corrected chi connectivity index (χ2v) is 10.9. The highest BCUT2D eigenvalue weighted by atomic mass is 16.3. The largest absolute Gasteiger partial charge is 0.393 e. The van der Waals surface area contributed by atoms with Crippen molar-refractivity contribution < 1.29 is 15.0 Å². The Morgan fingerprint density at radius 3 is 2.50 bits per heavy atom. The van der Waals surface area contributed by atoms with Gasteiger partial charge in [0, 0.05) is 0 Å². The molecule has 4 aliphatic carbocycles. The minimum Gasteiger partial charge on any atom is -0.393 e. The fraction of sp³-hybridized carbons (Fsp3) is 0.889. The number of carbonyl (C=O) groups excluding carboxylic acids is 1. The molecule has 4 fully saturated rings. The lowest BCUT2D eigenvalue weighted by atomic mass is 9.46. The van der Waals surface area contributed by atoms with E-state index in [-0.39, 0.29) is 12.2 Å². The van der Waals surface area contributed by atoms with E-state index < -0.39 is 0 Å². The van der Waals surface area contributed by atoms with Crippen LogP contribution < -0.4 is 0 Å². The van der Waals surface area contributed by atoms with Gasteiger partial charge in [-0.2, -0.15) is 0 Å². The predicted octanol–water partition coefficient (Wildman–Crippen LogP) is 5.78. The van der Waals surface area contributed by atoms with E-state index in [0.717, 1.165) is 50.2 Å². The van der Waals surface area contributed by atoms with Gasteiger partial charge in [0.05, 0.1) is 12.2 Å². The van der Waals surface area contributed by atoms with Crippen LogP contribution in [0.3, 0.4) is 0 Å². The third kappa shape index (κ3) is 4.44. The van der Waals surface area contributed by atoms with E-state index in [9.17, 15) is 15.0 Å². The summed E-state index contributed by atoms with van der Waals surface area (Å²) in [5, 5.41) is 21.4. The molecular weight excluding hydrogens is 372 g/mol. The Bertz CT molecular complexity index is 587. The van der Waals surface area contributed by atoms with Gasteiger partial charge in [0.15, 0.2) is 0 Å². The molecule has 10 unspecified atom stereocenters. The van der Waals surface area contributed by atoms with Gasteiger partial charge in [0.1, 0.15) is 6.29 Å². The lowest BCUT2D eigenvalue weighted by Gasteiger charge is -2.60. The predicted molar refractivity (Wildman–Crippen MR) is 123 cm³/mol. The lowest BCUT2D eigenvalue weighted by molar-refractivity contribution is -0.158. The molecule has 0 radical (unpaired) electrons. The molecule has 3 heteroatoms. The van der Waals surface area contributed by atoms with Crippen LogP contribution in [0.5, 0.6) is 0 Å². The number of rotatable bonds is 5. The van der Waals surface area contributed by atoms with Gasteiger partial charge in [0.25, 0.3) is 0 Å². The minimum absolute atomic E-state index is 0.150. The molecule has 0 saturated heterocycles. The fourth-order valence-corrected chi connectivity index (χ4v) is 8.35. The molecule has 0 heterocycles. The molecule has 4 aliphatic rings. The van der Waals surface area contributed by atoms with Crippen molar-refractivity contribution in [1.29, 1.82) is 0 Å². The van der Waals surface area contributed by atoms with Gasteiger partial charge in [-0.05, 0) is 117 Å². The maximum absolute atomic E-state index is 11.2. The molecule has 172 valence electrons. The van der Waals surface area contributed by atoms with Crippen LogP contribution >= 0.6 is 0 Å². The van der Waals surface area contributed by atoms with Gasteiger partial charge >= 0.3 is 0 Å². The van der Waals surface area contributed by atoms with Crippen molar-refractivity contribution in [3.05, 3.63) is 12.2 Å². The Morgan fingerprint density at radius 1 is 1.03 bits per heavy atom. The van der Waals surface area contributed by atoms with E-state index in [2.05, 4.69) is 13.8 Å². The highest BCUT2D eigenvalue weighted by Crippen LogP contribution is 2.64. The Morgan fingerprint density at radius 2 is 1.77 bits per heavy atom. The SMILES string of the molecule is CC.CC(CC/C=C/C=O)C1CCC2C1CCC1C2C(O)CC2CC(O)CCC21C. The van der Waals surface area contributed by atoms with Gasteiger partial charge < -0.3 is 10.2 Å². The van der Waals surface area contributed by atoms with Crippen molar-refractivity contribution in [2.24, 2.45) is 46.8 Å². The first-order chi connectivity index (χ1) is 14.5. The molecule has 0 aromatic rings. The second-order valence-electron chi connectivity index (χ2n) is 10.9. The van der Waals surface area contributed by atoms with Gasteiger partial charge in [-0.15, -0.1) is 0 Å². The standard InChI is InChI=1S/C25H40O3.C2H6/c1-16(6-4-3-5-13-26)19-7-8-21-20(19)9-10-22-24(21)23(28)15-17-14-18(27)11-12-25(17,22)2;1-2/h3,5,13,16-24,27-28H,4,6-12,14-15H2,1-2H3;1-2H3/b5-3+;. The van der Waals surface area contributed by atoms with Gasteiger partial charge in [-0.25, -0.2) is 0 Å². The van der Waals surface area contributed by atoms with Crippen LogP contribution in [-0.2, 0) is 4.79 Å². The van der Waals surface area contributed by atoms with E-state index in [0.29, 0.717) is 35.0 Å². The number of allylic oxidation sites excluding steroid dienone is 2. The minimum atomic E-state index is -0.161. The Labute approximate surface area is 184 Å². The summed E-state index contributed by atoms with van der Waals surface area (Å²) < 4.78 is 0. The molecule has 0 bridgehead atoms. The Kier molecular flexibility index (Phi) is 8.23. The van der Waals surface area contributed by atoms with Crippen LogP contribution in [0, 0.1) is 46.8 Å². The zero-order valence-corrected chi connectivity index (χ0v) is 19.8. The van der Waals surface area contributed by atoms with E-state index >= 15 is 0 Å². The molecule has 10 atom stereocenters. The molecule has 4 rings (SSSR count). The summed E-state index contributed by atoms with van der Waals surface area (Å²) in [5.74, 6) is 4.64. The quantitative estimate of drug-likeness (QED) is 0.439. The molecule has 0 aliphatic heterocycles. The lowest BCUT2D eigenvalue weighted by Crippen LogP contribution is -2.56. The molecule has 4 saturated carbocycles. The van der Waals surface area contributed by atoms with E-state index in [1.165, 1.54) is 32.1 Å². The maximum Gasteiger partial charge on any atom is 0.142 e. The molecule has 2 N–H and O–H groups in total. The Balaban J connectivity index is 0.00000124. The molecule has 0 aromatic heterocycles. The monoisotopic (exact) mass is 418 g/mol. The van der Waals surface area contributed by atoms with Crippen molar-refractivity contribution >= 4 is 6.29 Å². The first-order valence-corrected chi connectivity index (χ1v) is 12.9. The first kappa shape index (κ1) is 24.0. The molecular formula is C27H46O3. The van der Waals surface area contributed by atoms with Crippen molar-refractivity contribution in [3.63, 3.8) is 0 Å². The molecule has 0 spiro atoms. The summed E-state index contributed by atoms with van der Waals surface area (Å²) in [4.78, 5) is 10.5. The van der Waals surface area contributed by atoms with Crippen molar-refractivity contribution in [1.82, 2.24) is 0 Å². The summed E-state index contributed by atoms with van der Waals surface area (Å²) in [7, 11) is 0. The molecule has 30 heavy (non-hydrogen) atoms. The number of aliphatic hydroxyl groups excluding tert-OH is 2. The normalized spacial score (nSPS) is 46.2. The van der Waals surface area contributed by atoms with Crippen LogP contribution in [0.25, 0.3) is 0 Å². The van der Waals surface area contributed by atoms with Crippen molar-refractivity contribution in [2.75, 3.05) is 0 Å². The smallest absolute Gasteiger partial charge is 0.142 e. The summed E-state index contributed by atoms with van der Waals surface area (Å²) in [5.41, 5.74) is 0.331. The fourth-order valence-electron chi connectivity index (χ4n) is 8.35. The summed E-state index contributed by atoms with van der Waals surface area (Å²) in [6.45, 7) is 8.90. The average molecular weight is 419 g/mol. The van der Waals surface area contributed by atoms with Gasteiger partial charge in [-0.1, -0.05) is 33.8 Å². The summed E-state index contributed by atoms with van der Waals surface area (Å²) in [6.07, 6.45) is 15.5. The zero-order valence-electron chi connectivity index (χ0n) is 19.8. The molecule has 0 aromatic carbocycles. The van der Waals surface area contributed by atoms with Crippen LogP contribution in [0.1, 0.15) is 91.9 Å². The van der Waals surface area contributed by atoms with E-state index in [1.807, 2.05) is 19.9 Å². The third-order valence-electron chi connectivity index (χ3n) is 9.76. The van der Waals surface area contributed by atoms with E-state index in [1.54, 1.807) is 6.08 Å². The highest BCUT2D eigenvalue weighted by molar-refractivity contribution is 5.64. The number of fused-ring (bicyclic) bond motifs is 5. The second kappa shape index (κ2) is 10.3. The molecule has 3 nitrogen and oxygen atoms in total. The maximum atomic E-state index is 11.2. The van der Waals surface area contributed by atoms with Crippen LogP contribution in [0.2, 0.25) is 0 Å². The summed E-state index contributed by atoms with van der Waals surface area (Å²) in [6, 6.07) is 0. The van der Waals surface area contributed by atoms with E-state index in [4.69, 9.17) is 0 Å². The van der Waals surface area contributed by atoms with Crippen LogP contribution in [0.15, 0.2) is 12.2 Å². The van der Waals surface area contributed by atoms with Crippen molar-refractivity contribution in [3.8, 4) is 0 Å². The highest BCUT2D eigenvalue weighted by Gasteiger charge is 2.59. The first-order valence-electron chi connectivity index (χ1n) is 12.9. The zero-order chi connectivity index (χ0) is 21.9.